The van der Waals surface area contributed by atoms with Crippen molar-refractivity contribution >= 4 is 11.8 Å². The summed E-state index contributed by atoms with van der Waals surface area (Å²) in [5.41, 5.74) is 1.55. The van der Waals surface area contributed by atoms with E-state index in [1.54, 1.807) is 0 Å². The standard InChI is InChI=1S/C21H29N3O2/c25-19(8-4-7-17-5-2-1-3-6-17)23-12-9-21(10-13-23)15-18-20(26)22-11-14-24(18)16-21/h1-3,5-6,18H,4,7-16H2,(H,22,26)/t18-/m0/s1. The third-order valence-electron chi connectivity index (χ3n) is 6.48. The smallest absolute Gasteiger partial charge is 0.237 e. The number of nitrogens with one attached hydrogen (secondary N) is 1. The van der Waals surface area contributed by atoms with Crippen molar-refractivity contribution < 1.29 is 9.59 Å². The van der Waals surface area contributed by atoms with Crippen LogP contribution in [0.15, 0.2) is 30.3 Å². The maximum atomic E-state index is 12.5. The minimum Gasteiger partial charge on any atom is -0.353 e. The molecule has 1 aromatic carbocycles. The van der Waals surface area contributed by atoms with Gasteiger partial charge in [-0.1, -0.05) is 30.3 Å². The van der Waals surface area contributed by atoms with E-state index < -0.39 is 0 Å². The Balaban J connectivity index is 1.24. The van der Waals surface area contributed by atoms with Crippen LogP contribution in [0.3, 0.4) is 0 Å². The molecule has 5 nitrogen and oxygen atoms in total. The number of piperazine rings is 1. The molecule has 4 rings (SSSR count). The number of nitrogens with zero attached hydrogens (tertiary/aromatic N) is 2. The summed E-state index contributed by atoms with van der Waals surface area (Å²) in [4.78, 5) is 29.0. The summed E-state index contributed by atoms with van der Waals surface area (Å²) in [5, 5.41) is 2.99. The quantitative estimate of drug-likeness (QED) is 0.896. The molecule has 1 N–H and O–H groups in total. The Kier molecular flexibility index (Phi) is 4.98. The number of benzene rings is 1. The number of aryl methyl sites for hydroxylation is 1. The summed E-state index contributed by atoms with van der Waals surface area (Å²) in [6.45, 7) is 4.48. The van der Waals surface area contributed by atoms with Gasteiger partial charge in [0.25, 0.3) is 0 Å². The van der Waals surface area contributed by atoms with E-state index in [1.807, 2.05) is 11.0 Å². The zero-order valence-electron chi connectivity index (χ0n) is 15.5. The number of hydrogen-bond acceptors (Lipinski definition) is 3. The van der Waals surface area contributed by atoms with Crippen LogP contribution < -0.4 is 5.32 Å². The topological polar surface area (TPSA) is 52.7 Å². The van der Waals surface area contributed by atoms with Gasteiger partial charge in [0.15, 0.2) is 0 Å². The Morgan fingerprint density at radius 1 is 1.15 bits per heavy atom. The highest BCUT2D eigenvalue weighted by Crippen LogP contribution is 2.43. The van der Waals surface area contributed by atoms with Crippen LogP contribution in [0.5, 0.6) is 0 Å². The predicted octanol–water partition coefficient (Wildman–Crippen LogP) is 1.82. The Bertz CT molecular complexity index is 652. The fraction of sp³-hybridized carbons (Fsp3) is 0.619. The lowest BCUT2D eigenvalue weighted by molar-refractivity contribution is -0.133. The van der Waals surface area contributed by atoms with Crippen molar-refractivity contribution in [1.29, 1.82) is 0 Å². The lowest BCUT2D eigenvalue weighted by Crippen LogP contribution is -2.52. The number of carbonyl (C=O) groups excluding carboxylic acids is 2. The van der Waals surface area contributed by atoms with E-state index in [1.165, 1.54) is 5.56 Å². The number of rotatable bonds is 4. The average Bonchev–Trinajstić information content (AvgIpc) is 3.02. The van der Waals surface area contributed by atoms with Crippen molar-refractivity contribution in [1.82, 2.24) is 15.1 Å². The molecule has 1 atom stereocenters. The van der Waals surface area contributed by atoms with E-state index >= 15 is 0 Å². The van der Waals surface area contributed by atoms with Crippen LogP contribution in [0.4, 0.5) is 0 Å². The van der Waals surface area contributed by atoms with Gasteiger partial charge in [-0.3, -0.25) is 14.5 Å². The molecule has 5 heteroatoms. The monoisotopic (exact) mass is 355 g/mol. The third-order valence-corrected chi connectivity index (χ3v) is 6.48. The SMILES string of the molecule is O=C1NCCN2CC3(CCN(C(=O)CCCc4ccccc4)CC3)C[C@@H]12. The maximum Gasteiger partial charge on any atom is 0.237 e. The van der Waals surface area contributed by atoms with Gasteiger partial charge in [0.2, 0.25) is 11.8 Å². The van der Waals surface area contributed by atoms with Crippen molar-refractivity contribution in [2.75, 3.05) is 32.7 Å². The molecule has 3 saturated heterocycles. The highest BCUT2D eigenvalue weighted by atomic mass is 16.2. The van der Waals surface area contributed by atoms with Crippen LogP contribution in [-0.2, 0) is 16.0 Å². The first kappa shape index (κ1) is 17.5. The first-order valence-electron chi connectivity index (χ1n) is 9.99. The van der Waals surface area contributed by atoms with Crippen molar-refractivity contribution in [3.05, 3.63) is 35.9 Å². The van der Waals surface area contributed by atoms with E-state index in [4.69, 9.17) is 0 Å². The summed E-state index contributed by atoms with van der Waals surface area (Å²) < 4.78 is 0. The second-order valence-corrected chi connectivity index (χ2v) is 8.20. The minimum absolute atomic E-state index is 0.0665. The van der Waals surface area contributed by atoms with E-state index in [-0.39, 0.29) is 17.4 Å². The number of piperidine rings is 1. The maximum absolute atomic E-state index is 12.5. The van der Waals surface area contributed by atoms with E-state index in [2.05, 4.69) is 34.5 Å². The first-order chi connectivity index (χ1) is 12.7. The van der Waals surface area contributed by atoms with Gasteiger partial charge in [-0.2, -0.15) is 0 Å². The fourth-order valence-corrected chi connectivity index (χ4v) is 4.92. The molecular formula is C21H29N3O2. The van der Waals surface area contributed by atoms with E-state index in [0.717, 1.165) is 64.8 Å². The molecule has 0 unspecified atom stereocenters. The lowest BCUT2D eigenvalue weighted by atomic mass is 9.76. The van der Waals surface area contributed by atoms with E-state index in [0.29, 0.717) is 12.3 Å². The van der Waals surface area contributed by atoms with Gasteiger partial charge in [-0.15, -0.1) is 0 Å². The van der Waals surface area contributed by atoms with Gasteiger partial charge < -0.3 is 10.2 Å². The van der Waals surface area contributed by atoms with Gasteiger partial charge in [-0.25, -0.2) is 0 Å². The Labute approximate surface area is 155 Å². The molecule has 0 aromatic heterocycles. The molecule has 0 radical (unpaired) electrons. The van der Waals surface area contributed by atoms with Crippen LogP contribution >= 0.6 is 0 Å². The van der Waals surface area contributed by atoms with Crippen LogP contribution in [0.25, 0.3) is 0 Å². The largest absolute Gasteiger partial charge is 0.353 e. The molecule has 3 aliphatic heterocycles. The second-order valence-electron chi connectivity index (χ2n) is 8.20. The molecule has 26 heavy (non-hydrogen) atoms. The Morgan fingerprint density at radius 2 is 1.92 bits per heavy atom. The molecular weight excluding hydrogens is 326 g/mol. The van der Waals surface area contributed by atoms with E-state index in [9.17, 15) is 9.59 Å². The molecule has 2 amide bonds. The molecule has 3 fully saturated rings. The minimum atomic E-state index is 0.0665. The normalized spacial score (nSPS) is 25.2. The number of carbonyl (C=O) groups is 2. The number of amides is 2. The summed E-state index contributed by atoms with van der Waals surface area (Å²) in [6.07, 6.45) is 5.57. The molecule has 140 valence electrons. The van der Waals surface area contributed by atoms with Crippen LogP contribution in [0.1, 0.15) is 37.7 Å². The zero-order chi connectivity index (χ0) is 18.0. The summed E-state index contributed by atoms with van der Waals surface area (Å²) in [6, 6.07) is 10.4. The number of likely N-dealkylation sites (tertiary alicyclic amines) is 1. The van der Waals surface area contributed by atoms with Gasteiger partial charge in [0.1, 0.15) is 0 Å². The molecule has 3 heterocycles. The van der Waals surface area contributed by atoms with Crippen molar-refractivity contribution in [2.45, 2.75) is 44.6 Å². The predicted molar refractivity (Wildman–Crippen MR) is 101 cm³/mol. The number of fused-ring (bicyclic) bond motifs is 1. The molecule has 1 spiro atoms. The number of hydrogen-bond donors (Lipinski definition) is 1. The first-order valence-corrected chi connectivity index (χ1v) is 9.99. The summed E-state index contributed by atoms with van der Waals surface area (Å²) >= 11 is 0. The van der Waals surface area contributed by atoms with Crippen LogP contribution in [0, 0.1) is 5.41 Å². The zero-order valence-corrected chi connectivity index (χ0v) is 15.5. The Hall–Kier alpha value is -1.88. The molecule has 0 aliphatic carbocycles. The van der Waals surface area contributed by atoms with Gasteiger partial charge >= 0.3 is 0 Å². The van der Waals surface area contributed by atoms with Gasteiger partial charge in [0.05, 0.1) is 6.04 Å². The lowest BCUT2D eigenvalue weighted by Gasteiger charge is -2.39. The Morgan fingerprint density at radius 3 is 2.65 bits per heavy atom. The summed E-state index contributed by atoms with van der Waals surface area (Å²) in [5.74, 6) is 0.497. The molecule has 1 aromatic rings. The average molecular weight is 355 g/mol. The van der Waals surface area contributed by atoms with Gasteiger partial charge in [0, 0.05) is 39.1 Å². The van der Waals surface area contributed by atoms with Crippen LogP contribution in [0.2, 0.25) is 0 Å². The van der Waals surface area contributed by atoms with Crippen molar-refractivity contribution in [3.63, 3.8) is 0 Å². The molecule has 0 saturated carbocycles. The van der Waals surface area contributed by atoms with Crippen molar-refractivity contribution in [2.24, 2.45) is 5.41 Å². The highest BCUT2D eigenvalue weighted by molar-refractivity contribution is 5.83. The van der Waals surface area contributed by atoms with Crippen LogP contribution in [-0.4, -0.2) is 60.4 Å². The second kappa shape index (κ2) is 7.39. The fourth-order valence-electron chi connectivity index (χ4n) is 4.92. The third kappa shape index (κ3) is 3.63. The van der Waals surface area contributed by atoms with Gasteiger partial charge in [-0.05, 0) is 43.1 Å². The van der Waals surface area contributed by atoms with Crippen molar-refractivity contribution in [3.8, 4) is 0 Å². The summed E-state index contributed by atoms with van der Waals surface area (Å²) in [7, 11) is 0. The molecule has 0 bridgehead atoms. The highest BCUT2D eigenvalue weighted by Gasteiger charge is 2.49. The molecule has 3 aliphatic rings.